The van der Waals surface area contributed by atoms with Crippen LogP contribution in [0.3, 0.4) is 0 Å². The Bertz CT molecular complexity index is 575. The van der Waals surface area contributed by atoms with Crippen LogP contribution in [0.15, 0.2) is 21.1 Å². The van der Waals surface area contributed by atoms with Crippen LogP contribution >= 0.6 is 31.9 Å². The summed E-state index contributed by atoms with van der Waals surface area (Å²) in [6.45, 7) is 0. The summed E-state index contributed by atoms with van der Waals surface area (Å²) < 4.78 is 30.2. The molecule has 19 heavy (non-hydrogen) atoms. The van der Waals surface area contributed by atoms with Crippen molar-refractivity contribution in [3.63, 3.8) is 0 Å². The topological polar surface area (TPSA) is 55.4 Å². The van der Waals surface area contributed by atoms with E-state index in [1.807, 2.05) is 12.1 Å². The lowest BCUT2D eigenvalue weighted by molar-refractivity contribution is 0.412. The molecular weight excluding hydrogens is 398 g/mol. The maximum Gasteiger partial charge on any atom is 0.152 e. The van der Waals surface area contributed by atoms with Gasteiger partial charge >= 0.3 is 0 Å². The van der Waals surface area contributed by atoms with Gasteiger partial charge in [-0.2, -0.15) is 0 Å². The lowest BCUT2D eigenvalue weighted by atomic mass is 10.1. The molecule has 1 atom stereocenters. The molecule has 7 heteroatoms. The van der Waals surface area contributed by atoms with Crippen LogP contribution < -0.4 is 10.1 Å². The maximum absolute atomic E-state index is 11.6. The zero-order valence-electron chi connectivity index (χ0n) is 10.4. The maximum atomic E-state index is 11.6. The van der Waals surface area contributed by atoms with E-state index in [1.54, 1.807) is 7.11 Å². The molecule has 4 nitrogen and oxygen atoms in total. The number of anilines is 1. The van der Waals surface area contributed by atoms with Crippen LogP contribution in [0.4, 0.5) is 5.69 Å². The van der Waals surface area contributed by atoms with E-state index in [1.165, 1.54) is 0 Å². The van der Waals surface area contributed by atoms with Gasteiger partial charge < -0.3 is 10.1 Å². The van der Waals surface area contributed by atoms with Crippen LogP contribution in [0.5, 0.6) is 5.75 Å². The van der Waals surface area contributed by atoms with Crippen molar-refractivity contribution >= 4 is 47.4 Å². The van der Waals surface area contributed by atoms with E-state index in [4.69, 9.17) is 4.74 Å². The van der Waals surface area contributed by atoms with E-state index < -0.39 is 9.84 Å². The van der Waals surface area contributed by atoms with Gasteiger partial charge in [0.2, 0.25) is 0 Å². The number of benzene rings is 1. The summed E-state index contributed by atoms with van der Waals surface area (Å²) in [4.78, 5) is 0. The summed E-state index contributed by atoms with van der Waals surface area (Å²) in [6, 6.07) is 3.70. The molecule has 1 aliphatic rings. The van der Waals surface area contributed by atoms with Crippen molar-refractivity contribution in [2.24, 2.45) is 0 Å². The molecule has 1 aromatic rings. The van der Waals surface area contributed by atoms with E-state index in [2.05, 4.69) is 37.2 Å². The van der Waals surface area contributed by atoms with Crippen LogP contribution in [0.25, 0.3) is 0 Å². The molecule has 1 aliphatic heterocycles. The van der Waals surface area contributed by atoms with Gasteiger partial charge in [0.1, 0.15) is 5.75 Å². The number of sulfone groups is 1. The average molecular weight is 413 g/mol. The monoisotopic (exact) mass is 411 g/mol. The van der Waals surface area contributed by atoms with Gasteiger partial charge in [0.15, 0.2) is 9.84 Å². The molecule has 0 aromatic heterocycles. The molecule has 0 amide bonds. The summed E-state index contributed by atoms with van der Waals surface area (Å²) >= 11 is 6.87. The SMILES string of the molecule is COc1cc(NC2CCCS(=O)(=O)C2)c(Br)cc1Br. The summed E-state index contributed by atoms with van der Waals surface area (Å²) in [7, 11) is -1.31. The number of halogens is 2. The minimum atomic E-state index is -2.91. The number of ether oxygens (including phenoxy) is 1. The molecule has 0 aliphatic carbocycles. The second-order valence-electron chi connectivity index (χ2n) is 4.56. The Morgan fingerprint density at radius 1 is 1.32 bits per heavy atom. The first-order chi connectivity index (χ1) is 8.91. The summed E-state index contributed by atoms with van der Waals surface area (Å²) in [5.41, 5.74) is 0.849. The zero-order chi connectivity index (χ0) is 14.0. The number of hydrogen-bond acceptors (Lipinski definition) is 4. The molecule has 0 bridgehead atoms. The van der Waals surface area contributed by atoms with Crippen LogP contribution in [0.2, 0.25) is 0 Å². The fraction of sp³-hybridized carbons (Fsp3) is 0.500. The Labute approximate surface area is 130 Å². The average Bonchev–Trinajstić information content (AvgIpc) is 2.31. The van der Waals surface area contributed by atoms with Crippen LogP contribution in [0.1, 0.15) is 12.8 Å². The van der Waals surface area contributed by atoms with Crippen LogP contribution in [-0.4, -0.2) is 33.1 Å². The normalized spacial score (nSPS) is 21.9. The third-order valence-corrected chi connectivity index (χ3v) is 6.16. The summed E-state index contributed by atoms with van der Waals surface area (Å²) in [5.74, 6) is 1.21. The predicted octanol–water partition coefficient (Wildman–Crippen LogP) is 3.21. The van der Waals surface area contributed by atoms with Gasteiger partial charge in [0, 0.05) is 16.6 Å². The van der Waals surface area contributed by atoms with Crippen molar-refractivity contribution < 1.29 is 13.2 Å². The highest BCUT2D eigenvalue weighted by Gasteiger charge is 2.25. The number of nitrogens with one attached hydrogen (secondary N) is 1. The molecule has 1 saturated heterocycles. The molecule has 1 aromatic carbocycles. The van der Waals surface area contributed by atoms with E-state index in [0.29, 0.717) is 17.9 Å². The van der Waals surface area contributed by atoms with Gasteiger partial charge in [0.05, 0.1) is 28.8 Å². The third-order valence-electron chi connectivity index (χ3n) is 3.06. The fourth-order valence-electron chi connectivity index (χ4n) is 2.15. The Kier molecular flexibility index (Phi) is 4.79. The van der Waals surface area contributed by atoms with Gasteiger partial charge in [-0.3, -0.25) is 0 Å². The van der Waals surface area contributed by atoms with Crippen molar-refractivity contribution in [1.82, 2.24) is 0 Å². The smallest absolute Gasteiger partial charge is 0.152 e. The first-order valence-corrected chi connectivity index (χ1v) is 9.32. The molecule has 0 saturated carbocycles. The van der Waals surface area contributed by atoms with Crippen molar-refractivity contribution in [2.75, 3.05) is 23.9 Å². The standard InChI is InChI=1S/C12H15Br2NO3S/c1-18-12-6-11(9(13)5-10(12)14)15-8-3-2-4-19(16,17)7-8/h5-6,8,15H,2-4,7H2,1H3. The first kappa shape index (κ1) is 15.1. The summed E-state index contributed by atoms with van der Waals surface area (Å²) in [5, 5.41) is 3.28. The molecule has 0 radical (unpaired) electrons. The molecular formula is C12H15Br2NO3S. The Morgan fingerprint density at radius 2 is 2.05 bits per heavy atom. The zero-order valence-corrected chi connectivity index (χ0v) is 14.4. The molecule has 106 valence electrons. The lowest BCUT2D eigenvalue weighted by Crippen LogP contribution is -2.34. The Morgan fingerprint density at radius 3 is 2.68 bits per heavy atom. The lowest BCUT2D eigenvalue weighted by Gasteiger charge is -2.25. The Hall–Kier alpha value is -0.270. The van der Waals surface area contributed by atoms with Crippen molar-refractivity contribution in [2.45, 2.75) is 18.9 Å². The molecule has 1 unspecified atom stereocenters. The van der Waals surface area contributed by atoms with E-state index in [0.717, 1.165) is 21.1 Å². The minimum Gasteiger partial charge on any atom is -0.495 e. The van der Waals surface area contributed by atoms with Crippen molar-refractivity contribution in [3.05, 3.63) is 21.1 Å². The number of methoxy groups -OCH3 is 1. The highest BCUT2D eigenvalue weighted by atomic mass is 79.9. The van der Waals surface area contributed by atoms with Gasteiger partial charge in [-0.25, -0.2) is 8.42 Å². The second-order valence-corrected chi connectivity index (χ2v) is 8.50. The van der Waals surface area contributed by atoms with Gasteiger partial charge in [0.25, 0.3) is 0 Å². The molecule has 1 fully saturated rings. The van der Waals surface area contributed by atoms with Crippen LogP contribution in [0, 0.1) is 0 Å². The molecule has 1 heterocycles. The van der Waals surface area contributed by atoms with Crippen LogP contribution in [-0.2, 0) is 9.84 Å². The molecule has 1 N–H and O–H groups in total. The van der Waals surface area contributed by atoms with Gasteiger partial charge in [-0.15, -0.1) is 0 Å². The third kappa shape index (κ3) is 3.86. The predicted molar refractivity (Wildman–Crippen MR) is 83.7 cm³/mol. The quantitative estimate of drug-likeness (QED) is 0.827. The van der Waals surface area contributed by atoms with Crippen molar-refractivity contribution in [1.29, 1.82) is 0 Å². The Balaban J connectivity index is 2.19. The van der Waals surface area contributed by atoms with E-state index >= 15 is 0 Å². The fourth-order valence-corrected chi connectivity index (χ4v) is 5.06. The second kappa shape index (κ2) is 6.01. The van der Waals surface area contributed by atoms with Gasteiger partial charge in [-0.1, -0.05) is 0 Å². The highest BCUT2D eigenvalue weighted by molar-refractivity contribution is 9.11. The van der Waals surface area contributed by atoms with Gasteiger partial charge in [-0.05, 0) is 50.8 Å². The highest BCUT2D eigenvalue weighted by Crippen LogP contribution is 2.35. The molecule has 2 rings (SSSR count). The minimum absolute atomic E-state index is 0.0408. The first-order valence-electron chi connectivity index (χ1n) is 5.91. The number of hydrogen-bond donors (Lipinski definition) is 1. The van der Waals surface area contributed by atoms with Crippen molar-refractivity contribution in [3.8, 4) is 5.75 Å². The number of rotatable bonds is 3. The molecule has 0 spiro atoms. The largest absolute Gasteiger partial charge is 0.495 e. The van der Waals surface area contributed by atoms with E-state index in [9.17, 15) is 8.42 Å². The van der Waals surface area contributed by atoms with E-state index in [-0.39, 0.29) is 11.8 Å². The summed E-state index contributed by atoms with van der Waals surface area (Å²) in [6.07, 6.45) is 1.58.